The second-order valence-corrected chi connectivity index (χ2v) is 9.60. The van der Waals surface area contributed by atoms with Gasteiger partial charge in [0.1, 0.15) is 0 Å². The first-order chi connectivity index (χ1) is 11.3. The molecule has 2 rings (SSSR count). The van der Waals surface area contributed by atoms with Crippen LogP contribution in [0.25, 0.3) is 0 Å². The lowest BCUT2D eigenvalue weighted by atomic mass is 9.91. The molecule has 0 aromatic heterocycles. The van der Waals surface area contributed by atoms with Gasteiger partial charge in [-0.1, -0.05) is 38.5 Å². The highest BCUT2D eigenvalue weighted by molar-refractivity contribution is 8.00. The van der Waals surface area contributed by atoms with Crippen molar-refractivity contribution in [3.05, 3.63) is 0 Å². The molecule has 2 nitrogen and oxygen atoms in total. The van der Waals surface area contributed by atoms with Gasteiger partial charge in [0.2, 0.25) is 0 Å². The van der Waals surface area contributed by atoms with Gasteiger partial charge in [-0.2, -0.15) is 23.5 Å². The van der Waals surface area contributed by atoms with E-state index in [0.29, 0.717) is 6.42 Å². The highest BCUT2D eigenvalue weighted by Gasteiger charge is 2.27. The summed E-state index contributed by atoms with van der Waals surface area (Å²) in [7, 11) is 0. The summed E-state index contributed by atoms with van der Waals surface area (Å²) in [5, 5.41) is 8.65. The van der Waals surface area contributed by atoms with E-state index in [1.807, 2.05) is 0 Å². The third-order valence-electron chi connectivity index (χ3n) is 5.46. The number of rotatable bonds is 11. The Morgan fingerprint density at radius 1 is 0.957 bits per heavy atom. The number of carboxylic acids is 1. The monoisotopic (exact) mass is 358 g/mol. The van der Waals surface area contributed by atoms with Crippen LogP contribution in [-0.4, -0.2) is 34.1 Å². The second kappa shape index (κ2) is 11.7. The number of thioether (sulfide) groups is 2. The van der Waals surface area contributed by atoms with E-state index in [0.717, 1.165) is 30.6 Å². The van der Waals surface area contributed by atoms with Crippen LogP contribution in [0.1, 0.15) is 70.6 Å². The molecule has 2 atom stereocenters. The van der Waals surface area contributed by atoms with Crippen LogP contribution in [0.4, 0.5) is 0 Å². The quantitative estimate of drug-likeness (QED) is 0.480. The van der Waals surface area contributed by atoms with E-state index in [9.17, 15) is 4.79 Å². The molecule has 4 heteroatoms. The summed E-state index contributed by atoms with van der Waals surface area (Å²) in [6, 6.07) is 0. The highest BCUT2D eigenvalue weighted by Crippen LogP contribution is 2.36. The molecule has 1 saturated heterocycles. The lowest BCUT2D eigenvalue weighted by Crippen LogP contribution is -2.17. The minimum atomic E-state index is -0.646. The van der Waals surface area contributed by atoms with Gasteiger partial charge in [0, 0.05) is 6.42 Å². The van der Waals surface area contributed by atoms with Crippen molar-refractivity contribution in [3.63, 3.8) is 0 Å². The standard InChI is InChI=1S/C19H34O2S2/c20-19(21)11-7-2-1-6-10-17-13-23-15-18(17)14-22-12-16-8-4-3-5-9-16/h16-18H,1-15H2,(H,20,21)/t17-,18+/m0/s1. The van der Waals surface area contributed by atoms with Crippen LogP contribution in [0.5, 0.6) is 0 Å². The van der Waals surface area contributed by atoms with Gasteiger partial charge >= 0.3 is 5.97 Å². The molecule has 2 aliphatic rings. The Morgan fingerprint density at radius 3 is 2.48 bits per heavy atom. The van der Waals surface area contributed by atoms with Gasteiger partial charge in [0.25, 0.3) is 0 Å². The molecule has 0 radical (unpaired) electrons. The molecule has 1 N–H and O–H groups in total. The lowest BCUT2D eigenvalue weighted by Gasteiger charge is -2.23. The molecule has 0 spiro atoms. The van der Waals surface area contributed by atoms with Crippen LogP contribution in [0.15, 0.2) is 0 Å². The van der Waals surface area contributed by atoms with Gasteiger partial charge in [-0.15, -0.1) is 0 Å². The van der Waals surface area contributed by atoms with Crippen LogP contribution in [0.2, 0.25) is 0 Å². The molecular weight excluding hydrogens is 324 g/mol. The molecule has 1 saturated carbocycles. The summed E-state index contributed by atoms with van der Waals surface area (Å²) >= 11 is 4.39. The van der Waals surface area contributed by atoms with Crippen molar-refractivity contribution in [2.45, 2.75) is 70.6 Å². The first-order valence-corrected chi connectivity index (χ1v) is 11.9. The predicted octanol–water partition coefficient (Wildman–Crippen LogP) is 5.70. The van der Waals surface area contributed by atoms with Crippen LogP contribution in [-0.2, 0) is 4.79 Å². The van der Waals surface area contributed by atoms with Gasteiger partial charge in [-0.05, 0) is 66.4 Å². The maximum atomic E-state index is 10.5. The van der Waals surface area contributed by atoms with E-state index in [2.05, 4.69) is 23.5 Å². The van der Waals surface area contributed by atoms with Gasteiger partial charge in [0.05, 0.1) is 0 Å². The van der Waals surface area contributed by atoms with Gasteiger partial charge < -0.3 is 5.11 Å². The van der Waals surface area contributed by atoms with E-state index in [1.54, 1.807) is 0 Å². The van der Waals surface area contributed by atoms with Crippen molar-refractivity contribution >= 4 is 29.5 Å². The van der Waals surface area contributed by atoms with Crippen LogP contribution in [0.3, 0.4) is 0 Å². The van der Waals surface area contributed by atoms with E-state index in [-0.39, 0.29) is 0 Å². The van der Waals surface area contributed by atoms with E-state index in [1.165, 1.54) is 74.4 Å². The minimum Gasteiger partial charge on any atom is -0.481 e. The molecule has 0 unspecified atom stereocenters. The normalized spacial score (nSPS) is 25.7. The van der Waals surface area contributed by atoms with Gasteiger partial charge in [0.15, 0.2) is 0 Å². The molecule has 23 heavy (non-hydrogen) atoms. The fourth-order valence-electron chi connectivity index (χ4n) is 3.92. The molecule has 0 bridgehead atoms. The fourth-order valence-corrected chi connectivity index (χ4v) is 7.14. The number of aliphatic carboxylic acids is 1. The minimum absolute atomic E-state index is 0.347. The zero-order valence-corrected chi connectivity index (χ0v) is 16.1. The van der Waals surface area contributed by atoms with Crippen LogP contribution < -0.4 is 0 Å². The average molecular weight is 359 g/mol. The van der Waals surface area contributed by atoms with Crippen molar-refractivity contribution in [2.24, 2.45) is 17.8 Å². The first kappa shape index (κ1) is 19.5. The molecule has 1 aliphatic carbocycles. The molecule has 0 amide bonds. The average Bonchev–Trinajstić information content (AvgIpc) is 2.99. The number of hydrogen-bond acceptors (Lipinski definition) is 3. The smallest absolute Gasteiger partial charge is 0.303 e. The van der Waals surface area contributed by atoms with Crippen molar-refractivity contribution in [2.75, 3.05) is 23.0 Å². The lowest BCUT2D eigenvalue weighted by molar-refractivity contribution is -0.137. The second-order valence-electron chi connectivity index (χ2n) is 7.45. The third-order valence-corrected chi connectivity index (χ3v) is 8.15. The van der Waals surface area contributed by atoms with Crippen molar-refractivity contribution in [1.82, 2.24) is 0 Å². The summed E-state index contributed by atoms with van der Waals surface area (Å²) in [5.74, 6) is 7.76. The van der Waals surface area contributed by atoms with Crippen LogP contribution in [0, 0.1) is 17.8 Å². The SMILES string of the molecule is O=C(O)CCCCCC[C@H]1CSC[C@H]1CSCC1CCCCC1. The van der Waals surface area contributed by atoms with Gasteiger partial charge in [-0.3, -0.25) is 4.79 Å². The van der Waals surface area contributed by atoms with Crippen molar-refractivity contribution in [3.8, 4) is 0 Å². The van der Waals surface area contributed by atoms with Gasteiger partial charge in [-0.25, -0.2) is 0 Å². The number of unbranched alkanes of at least 4 members (excludes halogenated alkanes) is 3. The van der Waals surface area contributed by atoms with Crippen molar-refractivity contribution in [1.29, 1.82) is 0 Å². The number of carboxylic acid groups (broad SMARTS) is 1. The number of hydrogen-bond donors (Lipinski definition) is 1. The summed E-state index contributed by atoms with van der Waals surface area (Å²) in [6.45, 7) is 0. The zero-order chi connectivity index (χ0) is 16.3. The molecule has 0 aromatic rings. The maximum absolute atomic E-state index is 10.5. The first-order valence-electron chi connectivity index (χ1n) is 9.63. The Bertz CT molecular complexity index is 329. The number of carbonyl (C=O) groups is 1. The summed E-state index contributed by atoms with van der Waals surface area (Å²) in [4.78, 5) is 10.5. The Hall–Kier alpha value is 0.170. The Balaban J connectivity index is 1.51. The molecule has 1 aliphatic heterocycles. The van der Waals surface area contributed by atoms with E-state index in [4.69, 9.17) is 5.11 Å². The Morgan fingerprint density at radius 2 is 1.70 bits per heavy atom. The molecule has 134 valence electrons. The molecule has 0 aromatic carbocycles. The maximum Gasteiger partial charge on any atom is 0.303 e. The summed E-state index contributed by atoms with van der Waals surface area (Å²) < 4.78 is 0. The predicted molar refractivity (Wildman–Crippen MR) is 104 cm³/mol. The largest absolute Gasteiger partial charge is 0.481 e. The topological polar surface area (TPSA) is 37.3 Å². The fraction of sp³-hybridized carbons (Fsp3) is 0.947. The molecule has 1 heterocycles. The van der Waals surface area contributed by atoms with Crippen molar-refractivity contribution < 1.29 is 9.90 Å². The Labute approximate surface area is 150 Å². The molecule has 2 fully saturated rings. The summed E-state index contributed by atoms with van der Waals surface area (Å²) in [6.07, 6.45) is 13.5. The zero-order valence-electron chi connectivity index (χ0n) is 14.5. The van der Waals surface area contributed by atoms with Crippen LogP contribution >= 0.6 is 23.5 Å². The summed E-state index contributed by atoms with van der Waals surface area (Å²) in [5.41, 5.74) is 0. The van der Waals surface area contributed by atoms with E-state index >= 15 is 0 Å². The van der Waals surface area contributed by atoms with E-state index < -0.39 is 5.97 Å². The molecular formula is C19H34O2S2. The highest BCUT2D eigenvalue weighted by atomic mass is 32.2. The third kappa shape index (κ3) is 8.20. The Kier molecular flexibility index (Phi) is 9.90.